The predicted octanol–water partition coefficient (Wildman–Crippen LogP) is 9.85. The van der Waals surface area contributed by atoms with E-state index in [0.717, 1.165) is 72.1 Å². The summed E-state index contributed by atoms with van der Waals surface area (Å²) in [7, 11) is 0. The molecule has 0 radical (unpaired) electrons. The second-order valence-corrected chi connectivity index (χ2v) is 14.1. The Morgan fingerprint density at radius 1 is 1.18 bits per heavy atom. The topological polar surface area (TPSA) is 68.4 Å². The van der Waals surface area contributed by atoms with Crippen LogP contribution < -0.4 is 0 Å². The van der Waals surface area contributed by atoms with E-state index in [-0.39, 0.29) is 12.2 Å². The Morgan fingerprint density at radius 3 is 2.58 bits per heavy atom. The third kappa shape index (κ3) is 6.65. The van der Waals surface area contributed by atoms with Gasteiger partial charge in [0.25, 0.3) is 0 Å². The predicted molar refractivity (Wildman–Crippen MR) is 167 cm³/mol. The Kier molecular flexibility index (Phi) is 9.37. The molecule has 1 N–H and O–H groups in total. The number of ether oxygens (including phenoxy) is 1. The van der Waals surface area contributed by atoms with Crippen LogP contribution in [0.5, 0.6) is 0 Å². The highest BCUT2D eigenvalue weighted by Crippen LogP contribution is 2.47. The van der Waals surface area contributed by atoms with E-state index in [9.17, 15) is 0 Å². The molecule has 0 saturated heterocycles. The molecule has 2 saturated carbocycles. The van der Waals surface area contributed by atoms with Gasteiger partial charge in [-0.2, -0.15) is 0 Å². The van der Waals surface area contributed by atoms with Gasteiger partial charge < -0.3 is 14.4 Å². The van der Waals surface area contributed by atoms with Gasteiger partial charge in [0.1, 0.15) is 16.5 Å². The van der Waals surface area contributed by atoms with E-state index in [2.05, 4.69) is 59.8 Å². The number of aliphatic hydroxyl groups excluding tert-OH is 1. The van der Waals surface area contributed by atoms with E-state index in [1.165, 1.54) is 30.6 Å². The van der Waals surface area contributed by atoms with E-state index in [4.69, 9.17) is 26.0 Å². The highest BCUT2D eigenvalue weighted by Gasteiger charge is 2.39. The molecule has 2 aromatic carbocycles. The first kappa shape index (κ1) is 29.7. The molecule has 4 aromatic rings. The Bertz CT molecular complexity index is 1430. The maximum absolute atomic E-state index is 8.84. The number of hydrogen-bond donors (Lipinski definition) is 1. The summed E-state index contributed by atoms with van der Waals surface area (Å²) < 4.78 is 14.7. The molecule has 3 atom stereocenters. The zero-order chi connectivity index (χ0) is 28.4. The molecule has 0 aliphatic heterocycles. The number of aliphatic hydroxyl groups is 1. The average molecular weight is 646 g/mol. The fourth-order valence-electron chi connectivity index (χ4n) is 6.21. The molecule has 214 valence electrons. The summed E-state index contributed by atoms with van der Waals surface area (Å²) in [5.41, 5.74) is 4.99. The summed E-state index contributed by atoms with van der Waals surface area (Å²) in [6.45, 7) is 9.64. The van der Waals surface area contributed by atoms with Crippen molar-refractivity contribution in [2.24, 2.45) is 11.8 Å². The lowest BCUT2D eigenvalue weighted by Gasteiger charge is -2.42. The smallest absolute Gasteiger partial charge is 0.145 e. The highest BCUT2D eigenvalue weighted by molar-refractivity contribution is 9.10. The molecule has 40 heavy (non-hydrogen) atoms. The molecule has 5 nitrogen and oxygen atoms in total. The van der Waals surface area contributed by atoms with Crippen molar-refractivity contribution in [2.75, 3.05) is 0 Å². The second kappa shape index (κ2) is 12.6. The van der Waals surface area contributed by atoms with E-state index >= 15 is 0 Å². The molecule has 2 unspecified atom stereocenters. The molecular formula is C32H38BrClN2O3S. The molecule has 6 rings (SSSR count). The van der Waals surface area contributed by atoms with Crippen LogP contribution in [-0.2, 0) is 18.0 Å². The van der Waals surface area contributed by atoms with Gasteiger partial charge in [-0.15, -0.1) is 11.3 Å². The zero-order valence-corrected chi connectivity index (χ0v) is 26.8. The van der Waals surface area contributed by atoms with Crippen LogP contribution in [0.3, 0.4) is 0 Å². The number of aryl methyl sites for hydroxylation is 1. The third-order valence-corrected chi connectivity index (χ3v) is 9.98. The molecular weight excluding hydrogens is 608 g/mol. The summed E-state index contributed by atoms with van der Waals surface area (Å²) in [5.74, 6) is 2.92. The Balaban J connectivity index is 0.000000223. The Morgan fingerprint density at radius 2 is 1.93 bits per heavy atom. The summed E-state index contributed by atoms with van der Waals surface area (Å²) >= 11 is 11.5. The van der Waals surface area contributed by atoms with Gasteiger partial charge in [-0.05, 0) is 87.1 Å². The molecule has 2 heterocycles. The molecule has 0 spiro atoms. The monoisotopic (exact) mass is 644 g/mol. The number of hydrogen-bond acceptors (Lipinski definition) is 6. The van der Waals surface area contributed by atoms with Crippen LogP contribution in [-0.4, -0.2) is 20.8 Å². The van der Waals surface area contributed by atoms with Crippen molar-refractivity contribution in [3.05, 3.63) is 67.8 Å². The largest absolute Gasteiger partial charge is 0.389 e. The minimum Gasteiger partial charge on any atom is -0.389 e. The lowest BCUT2D eigenvalue weighted by Crippen LogP contribution is -2.40. The lowest BCUT2D eigenvalue weighted by molar-refractivity contribution is -0.105. The second-order valence-electron chi connectivity index (χ2n) is 11.6. The molecule has 0 amide bonds. The Labute approximate surface area is 254 Å². The van der Waals surface area contributed by atoms with Crippen LogP contribution in [0.4, 0.5) is 0 Å². The molecule has 2 aromatic heterocycles. The minimum absolute atomic E-state index is 0.0248. The molecule has 2 aliphatic carbocycles. The van der Waals surface area contributed by atoms with E-state index in [1.807, 2.05) is 30.3 Å². The van der Waals surface area contributed by atoms with Crippen molar-refractivity contribution in [3.63, 3.8) is 0 Å². The first-order chi connectivity index (χ1) is 19.2. The van der Waals surface area contributed by atoms with Gasteiger partial charge in [-0.1, -0.05) is 65.6 Å². The summed E-state index contributed by atoms with van der Waals surface area (Å²) in [6, 6.07) is 11.9. The van der Waals surface area contributed by atoms with E-state index in [1.54, 1.807) is 0 Å². The Hall–Kier alpha value is -1.77. The number of fused-ring (bicyclic) bond motifs is 1. The van der Waals surface area contributed by atoms with Crippen molar-refractivity contribution in [2.45, 2.75) is 91.0 Å². The number of benzene rings is 2. The van der Waals surface area contributed by atoms with Gasteiger partial charge in [0.15, 0.2) is 0 Å². The minimum atomic E-state index is -0.0397. The highest BCUT2D eigenvalue weighted by atomic mass is 79.9. The van der Waals surface area contributed by atoms with Crippen LogP contribution in [0.2, 0.25) is 5.02 Å². The fraction of sp³-hybridized carbons (Fsp3) is 0.500. The van der Waals surface area contributed by atoms with E-state index in [0.29, 0.717) is 24.4 Å². The zero-order valence-electron chi connectivity index (χ0n) is 23.7. The standard InChI is InChI=1S/C24H32ClNO2.C8H6BrNOS/c1-5-24(12-15(2)11-16(3)13-24)27-14-19-22(26-28-23(19)18-9-10-18)21-17(4)7-6-8-20(21)25;9-5-1-2-6-7(3-5)12-8(4-11)10-6/h6-8,15-16,18H,5,9-14H2,1-4H3;1-3,11H,4H2/t15-,16?,24?;/m1./s1. The number of thiazole rings is 1. The maximum Gasteiger partial charge on any atom is 0.145 e. The summed E-state index contributed by atoms with van der Waals surface area (Å²) in [6.07, 6.45) is 6.98. The van der Waals surface area contributed by atoms with Gasteiger partial charge in [-0.3, -0.25) is 0 Å². The van der Waals surface area contributed by atoms with Crippen molar-refractivity contribution >= 4 is 49.1 Å². The van der Waals surface area contributed by atoms with Crippen LogP contribution >= 0.6 is 38.9 Å². The van der Waals surface area contributed by atoms with Gasteiger partial charge in [0, 0.05) is 21.5 Å². The number of aromatic nitrogens is 2. The van der Waals surface area contributed by atoms with Gasteiger partial charge in [-0.25, -0.2) is 4.98 Å². The first-order valence-corrected chi connectivity index (χ1v) is 16.2. The fourth-order valence-corrected chi connectivity index (χ4v) is 7.90. The summed E-state index contributed by atoms with van der Waals surface area (Å²) in [4.78, 5) is 4.22. The molecule has 2 fully saturated rings. The van der Waals surface area contributed by atoms with Gasteiger partial charge in [0.2, 0.25) is 0 Å². The molecule has 8 heteroatoms. The van der Waals surface area contributed by atoms with Crippen LogP contribution in [0.1, 0.15) is 87.1 Å². The number of rotatable bonds is 7. The summed E-state index contributed by atoms with van der Waals surface area (Å²) in [5, 5.41) is 14.8. The van der Waals surface area contributed by atoms with Crippen LogP contribution in [0.15, 0.2) is 45.4 Å². The molecule has 2 aliphatic rings. The maximum atomic E-state index is 8.84. The average Bonchev–Trinajstić information content (AvgIpc) is 3.55. The van der Waals surface area contributed by atoms with E-state index < -0.39 is 0 Å². The SMILES string of the molecule is CCC1(OCc2c(-c3c(C)cccc3Cl)noc2C2CC2)CC(C)C[C@@H](C)C1.OCc1nc2ccc(Br)cc2s1. The number of halogens is 2. The molecule has 0 bridgehead atoms. The lowest BCUT2D eigenvalue weighted by atomic mass is 9.72. The normalized spacial score (nSPS) is 22.8. The van der Waals surface area contributed by atoms with Crippen molar-refractivity contribution in [3.8, 4) is 11.3 Å². The van der Waals surface area contributed by atoms with Gasteiger partial charge >= 0.3 is 0 Å². The van der Waals surface area contributed by atoms with Crippen molar-refractivity contribution < 1.29 is 14.4 Å². The third-order valence-electron chi connectivity index (χ3n) is 8.17. The van der Waals surface area contributed by atoms with Crippen molar-refractivity contribution in [1.29, 1.82) is 0 Å². The van der Waals surface area contributed by atoms with Gasteiger partial charge in [0.05, 0.1) is 34.1 Å². The quantitative estimate of drug-likeness (QED) is 0.217. The van der Waals surface area contributed by atoms with Crippen molar-refractivity contribution in [1.82, 2.24) is 10.1 Å². The first-order valence-electron chi connectivity index (χ1n) is 14.3. The number of nitrogens with zero attached hydrogens (tertiary/aromatic N) is 2. The van der Waals surface area contributed by atoms with Crippen LogP contribution in [0, 0.1) is 18.8 Å². The van der Waals surface area contributed by atoms with Crippen LogP contribution in [0.25, 0.3) is 21.5 Å².